The van der Waals surface area contributed by atoms with E-state index in [2.05, 4.69) is 4.90 Å². The molecule has 1 amide bonds. The van der Waals surface area contributed by atoms with Gasteiger partial charge in [-0.25, -0.2) is 4.39 Å². The smallest absolute Gasteiger partial charge is 0.220 e. The van der Waals surface area contributed by atoms with Crippen LogP contribution in [0.1, 0.15) is 18.4 Å². The molecule has 6 heteroatoms. The predicted molar refractivity (Wildman–Crippen MR) is 80.4 cm³/mol. The lowest BCUT2D eigenvalue weighted by Crippen LogP contribution is -2.42. The van der Waals surface area contributed by atoms with Crippen molar-refractivity contribution in [3.63, 3.8) is 0 Å². The van der Waals surface area contributed by atoms with Gasteiger partial charge in [0.15, 0.2) is 0 Å². The molecule has 1 aliphatic heterocycles. The maximum Gasteiger partial charge on any atom is 0.220 e. The van der Waals surface area contributed by atoms with Crippen molar-refractivity contribution in [1.82, 2.24) is 4.90 Å². The Morgan fingerprint density at radius 2 is 2.09 bits per heavy atom. The normalized spacial score (nSPS) is 18.3. The van der Waals surface area contributed by atoms with E-state index in [1.165, 1.54) is 6.07 Å². The van der Waals surface area contributed by atoms with Crippen molar-refractivity contribution in [1.29, 1.82) is 0 Å². The third-order valence-electron chi connectivity index (χ3n) is 3.98. The number of aliphatic hydroxyl groups excluding tert-OH is 1. The Morgan fingerprint density at radius 1 is 1.41 bits per heavy atom. The van der Waals surface area contributed by atoms with Crippen molar-refractivity contribution in [3.05, 3.63) is 35.6 Å². The molecule has 0 aromatic heterocycles. The summed E-state index contributed by atoms with van der Waals surface area (Å²) in [6.07, 6.45) is 0.841. The van der Waals surface area contributed by atoms with Crippen LogP contribution in [-0.4, -0.2) is 48.3 Å². The summed E-state index contributed by atoms with van der Waals surface area (Å²) >= 11 is 0. The number of primary amides is 1. The fourth-order valence-corrected chi connectivity index (χ4v) is 2.67. The van der Waals surface area contributed by atoms with Crippen molar-refractivity contribution in [2.45, 2.75) is 25.6 Å². The number of benzene rings is 1. The molecule has 1 saturated heterocycles. The Balaban J connectivity index is 1.65. The summed E-state index contributed by atoms with van der Waals surface area (Å²) in [5, 5.41) is 9.97. The van der Waals surface area contributed by atoms with Crippen LogP contribution in [0.3, 0.4) is 0 Å². The number of halogens is 1. The number of rotatable bonds is 7. The number of aliphatic hydroxyl groups is 1. The summed E-state index contributed by atoms with van der Waals surface area (Å²) in [4.78, 5) is 13.2. The number of nitrogens with two attached hydrogens (primary N) is 1. The zero-order chi connectivity index (χ0) is 15.9. The average Bonchev–Trinajstić information content (AvgIpc) is 2.50. The van der Waals surface area contributed by atoms with E-state index in [4.69, 9.17) is 10.5 Å². The zero-order valence-electron chi connectivity index (χ0n) is 12.6. The second-order valence-electron chi connectivity index (χ2n) is 5.74. The molecule has 0 saturated carbocycles. The Hall–Kier alpha value is -1.50. The lowest BCUT2D eigenvalue weighted by Gasteiger charge is -2.31. The molecule has 1 atom stereocenters. The highest BCUT2D eigenvalue weighted by molar-refractivity contribution is 5.76. The van der Waals surface area contributed by atoms with Gasteiger partial charge in [-0.05, 0) is 32.0 Å². The van der Waals surface area contributed by atoms with Crippen LogP contribution in [0.25, 0.3) is 0 Å². The minimum absolute atomic E-state index is 0.0503. The van der Waals surface area contributed by atoms with E-state index in [-0.39, 0.29) is 30.9 Å². The predicted octanol–water partition coefficient (Wildman–Crippen LogP) is 0.901. The molecule has 0 aliphatic carbocycles. The highest BCUT2D eigenvalue weighted by Crippen LogP contribution is 2.16. The highest BCUT2D eigenvalue weighted by atomic mass is 19.1. The van der Waals surface area contributed by atoms with Gasteiger partial charge in [-0.2, -0.15) is 0 Å². The van der Waals surface area contributed by atoms with Crippen LogP contribution in [0.5, 0.6) is 0 Å². The third-order valence-corrected chi connectivity index (χ3v) is 3.98. The summed E-state index contributed by atoms with van der Waals surface area (Å²) in [7, 11) is 0. The lowest BCUT2D eigenvalue weighted by molar-refractivity contribution is -0.123. The van der Waals surface area contributed by atoms with E-state index >= 15 is 0 Å². The molecule has 22 heavy (non-hydrogen) atoms. The molecule has 0 unspecified atom stereocenters. The number of carbonyl (C=O) groups is 1. The monoisotopic (exact) mass is 310 g/mol. The molecule has 1 aromatic rings. The second-order valence-corrected chi connectivity index (χ2v) is 5.74. The van der Waals surface area contributed by atoms with Gasteiger partial charge >= 0.3 is 0 Å². The fourth-order valence-electron chi connectivity index (χ4n) is 2.67. The summed E-state index contributed by atoms with van der Waals surface area (Å²) in [6.45, 7) is 2.29. The quantitative estimate of drug-likeness (QED) is 0.784. The van der Waals surface area contributed by atoms with Gasteiger partial charge in [0, 0.05) is 18.0 Å². The Bertz CT molecular complexity index is 490. The first-order valence-electron chi connectivity index (χ1n) is 7.57. The first-order valence-corrected chi connectivity index (χ1v) is 7.57. The molecule has 0 spiro atoms. The van der Waals surface area contributed by atoms with E-state index < -0.39 is 6.10 Å². The SMILES string of the molecule is NC(=O)C1CCN(C[C@@H](O)COCc2ccccc2F)CC1. The molecule has 1 heterocycles. The highest BCUT2D eigenvalue weighted by Gasteiger charge is 2.24. The minimum atomic E-state index is -0.628. The van der Waals surface area contributed by atoms with Gasteiger partial charge in [-0.3, -0.25) is 4.79 Å². The van der Waals surface area contributed by atoms with Crippen LogP contribution in [0.4, 0.5) is 4.39 Å². The van der Waals surface area contributed by atoms with Gasteiger partial charge in [-0.15, -0.1) is 0 Å². The van der Waals surface area contributed by atoms with Crippen LogP contribution < -0.4 is 5.73 Å². The number of ether oxygens (including phenoxy) is 1. The van der Waals surface area contributed by atoms with Gasteiger partial charge in [0.2, 0.25) is 5.91 Å². The number of nitrogens with zero attached hydrogens (tertiary/aromatic N) is 1. The van der Waals surface area contributed by atoms with Crippen molar-refractivity contribution >= 4 is 5.91 Å². The van der Waals surface area contributed by atoms with Crippen molar-refractivity contribution < 1.29 is 19.0 Å². The van der Waals surface area contributed by atoms with Crippen LogP contribution in [0.15, 0.2) is 24.3 Å². The number of piperidine rings is 1. The average molecular weight is 310 g/mol. The van der Waals surface area contributed by atoms with E-state index in [1.807, 2.05) is 0 Å². The molecule has 2 rings (SSSR count). The molecule has 5 nitrogen and oxygen atoms in total. The molecule has 122 valence electrons. The summed E-state index contributed by atoms with van der Waals surface area (Å²) < 4.78 is 18.8. The number of carbonyl (C=O) groups excluding carboxylic acids is 1. The van der Waals surface area contributed by atoms with E-state index in [0.29, 0.717) is 12.1 Å². The lowest BCUT2D eigenvalue weighted by atomic mass is 9.96. The van der Waals surface area contributed by atoms with Gasteiger partial charge < -0.3 is 20.5 Å². The van der Waals surface area contributed by atoms with Crippen LogP contribution in [0, 0.1) is 11.7 Å². The maximum absolute atomic E-state index is 13.4. The molecule has 1 aliphatic rings. The number of amides is 1. The number of hydrogen-bond donors (Lipinski definition) is 2. The second kappa shape index (κ2) is 8.22. The first kappa shape index (κ1) is 16.9. The molecule has 0 radical (unpaired) electrons. The molecule has 1 aromatic carbocycles. The number of likely N-dealkylation sites (tertiary alicyclic amines) is 1. The molecule has 1 fully saturated rings. The van der Waals surface area contributed by atoms with Crippen molar-refractivity contribution in [2.75, 3.05) is 26.2 Å². The largest absolute Gasteiger partial charge is 0.389 e. The van der Waals surface area contributed by atoms with Gasteiger partial charge in [0.1, 0.15) is 5.82 Å². The molecule has 3 N–H and O–H groups in total. The van der Waals surface area contributed by atoms with Crippen molar-refractivity contribution in [3.8, 4) is 0 Å². The molecular formula is C16H23FN2O3. The fraction of sp³-hybridized carbons (Fsp3) is 0.562. The van der Waals surface area contributed by atoms with Gasteiger partial charge in [0.05, 0.1) is 19.3 Å². The Labute approximate surface area is 129 Å². The Kier molecular flexibility index (Phi) is 6.30. The Morgan fingerprint density at radius 3 is 2.73 bits per heavy atom. The summed E-state index contributed by atoms with van der Waals surface area (Å²) in [5.74, 6) is -0.593. The standard InChI is InChI=1S/C16H23FN2O3/c17-15-4-2-1-3-13(15)10-22-11-14(20)9-19-7-5-12(6-8-19)16(18)21/h1-4,12,14,20H,5-11H2,(H2,18,21)/t14-/m1/s1. The van der Waals surface area contributed by atoms with E-state index in [9.17, 15) is 14.3 Å². The summed E-state index contributed by atoms with van der Waals surface area (Å²) in [6, 6.07) is 6.43. The van der Waals surface area contributed by atoms with E-state index in [0.717, 1.165) is 25.9 Å². The van der Waals surface area contributed by atoms with Crippen LogP contribution in [-0.2, 0) is 16.1 Å². The molecule has 0 bridgehead atoms. The van der Waals surface area contributed by atoms with Gasteiger partial charge in [-0.1, -0.05) is 18.2 Å². The molecular weight excluding hydrogens is 287 g/mol. The van der Waals surface area contributed by atoms with Crippen LogP contribution in [0.2, 0.25) is 0 Å². The first-order chi connectivity index (χ1) is 10.6. The topological polar surface area (TPSA) is 75.8 Å². The zero-order valence-corrected chi connectivity index (χ0v) is 12.6. The maximum atomic E-state index is 13.4. The third kappa shape index (κ3) is 5.05. The number of β-amino-alcohol motifs (C(OH)–C–C–N with tert-alkyl or cyclic N) is 1. The van der Waals surface area contributed by atoms with Crippen LogP contribution >= 0.6 is 0 Å². The van der Waals surface area contributed by atoms with Gasteiger partial charge in [0.25, 0.3) is 0 Å². The minimum Gasteiger partial charge on any atom is -0.389 e. The number of hydrogen-bond acceptors (Lipinski definition) is 4. The van der Waals surface area contributed by atoms with Crippen molar-refractivity contribution in [2.24, 2.45) is 11.7 Å². The summed E-state index contributed by atoms with van der Waals surface area (Å²) in [5.41, 5.74) is 5.77. The van der Waals surface area contributed by atoms with E-state index in [1.54, 1.807) is 18.2 Å².